The highest BCUT2D eigenvalue weighted by Gasteiger charge is 2.19. The summed E-state index contributed by atoms with van der Waals surface area (Å²) in [6.07, 6.45) is 11.5. The molecule has 1 saturated carbocycles. The second-order valence-electron chi connectivity index (χ2n) is 7.58. The Hall–Kier alpha value is -2.22. The first-order chi connectivity index (χ1) is 12.8. The van der Waals surface area contributed by atoms with E-state index in [2.05, 4.69) is 60.0 Å². The highest BCUT2D eigenvalue weighted by atomic mass is 16.5. The van der Waals surface area contributed by atoms with Crippen LogP contribution in [0.15, 0.2) is 54.7 Å². The Morgan fingerprint density at radius 2 is 1.81 bits per heavy atom. The first-order valence-corrected chi connectivity index (χ1v) is 10.1. The van der Waals surface area contributed by atoms with Gasteiger partial charge in [-0.05, 0) is 48.1 Å². The molecule has 0 bridgehead atoms. The fourth-order valence-corrected chi connectivity index (χ4v) is 4.34. The molecule has 0 spiro atoms. The van der Waals surface area contributed by atoms with Gasteiger partial charge in [0.15, 0.2) is 0 Å². The van der Waals surface area contributed by atoms with Crippen molar-refractivity contribution in [1.29, 1.82) is 0 Å². The number of aromatic nitrogens is 1. The van der Waals surface area contributed by atoms with Gasteiger partial charge in [-0.1, -0.05) is 69.4 Å². The largest absolute Gasteiger partial charge is 0.487 e. The quantitative estimate of drug-likeness (QED) is 0.517. The molecule has 0 radical (unpaired) electrons. The van der Waals surface area contributed by atoms with Gasteiger partial charge >= 0.3 is 0 Å². The number of benzene rings is 1. The van der Waals surface area contributed by atoms with Crippen molar-refractivity contribution in [2.75, 3.05) is 0 Å². The summed E-state index contributed by atoms with van der Waals surface area (Å²) in [5, 5.41) is 0. The summed E-state index contributed by atoms with van der Waals surface area (Å²) in [5.74, 6) is 1.84. The third-order valence-electron chi connectivity index (χ3n) is 5.79. The van der Waals surface area contributed by atoms with Crippen LogP contribution >= 0.6 is 0 Å². The zero-order valence-electron chi connectivity index (χ0n) is 15.8. The molecular formula is C24H29NO. The average Bonchev–Trinajstić information content (AvgIpc) is 3.06. The first kappa shape index (κ1) is 17.2. The van der Waals surface area contributed by atoms with E-state index in [4.69, 9.17) is 4.74 Å². The fourth-order valence-electron chi connectivity index (χ4n) is 4.34. The number of hydrogen-bond acceptors (Lipinski definition) is 1. The highest BCUT2D eigenvalue weighted by molar-refractivity contribution is 5.64. The molecule has 0 N–H and O–H groups in total. The summed E-state index contributed by atoms with van der Waals surface area (Å²) in [7, 11) is 0. The van der Waals surface area contributed by atoms with Crippen LogP contribution < -0.4 is 4.74 Å². The standard InChI is InChI=1S/C24H29NO/c1-2-21-17-23-24(26-18-20-12-7-4-8-13-20)14-9-15-25(23)22(21)16-19-10-5-3-6-11-19/h4,7-9,12-15,17,19H,2-3,5-6,10-11,16,18H2,1H3. The zero-order chi connectivity index (χ0) is 17.8. The average molecular weight is 348 g/mol. The van der Waals surface area contributed by atoms with Crippen molar-refractivity contribution in [1.82, 2.24) is 4.40 Å². The number of rotatable bonds is 6. The second-order valence-corrected chi connectivity index (χ2v) is 7.58. The summed E-state index contributed by atoms with van der Waals surface area (Å²) in [5.41, 5.74) is 5.40. The zero-order valence-corrected chi connectivity index (χ0v) is 15.8. The highest BCUT2D eigenvalue weighted by Crippen LogP contribution is 2.32. The maximum absolute atomic E-state index is 6.19. The van der Waals surface area contributed by atoms with E-state index < -0.39 is 0 Å². The van der Waals surface area contributed by atoms with Crippen LogP contribution in [0.3, 0.4) is 0 Å². The Morgan fingerprint density at radius 3 is 2.58 bits per heavy atom. The molecule has 0 amide bonds. The Morgan fingerprint density at radius 1 is 1.00 bits per heavy atom. The molecule has 3 aromatic rings. The predicted octanol–water partition coefficient (Wildman–Crippen LogP) is 6.20. The van der Waals surface area contributed by atoms with Gasteiger partial charge in [-0.25, -0.2) is 0 Å². The molecule has 1 aliphatic rings. The molecule has 1 aliphatic carbocycles. The van der Waals surface area contributed by atoms with Crippen molar-refractivity contribution in [3.63, 3.8) is 0 Å². The molecule has 2 heteroatoms. The lowest BCUT2D eigenvalue weighted by Crippen LogP contribution is -2.11. The van der Waals surface area contributed by atoms with E-state index in [0.29, 0.717) is 6.61 Å². The van der Waals surface area contributed by atoms with Gasteiger partial charge in [0.2, 0.25) is 0 Å². The van der Waals surface area contributed by atoms with E-state index >= 15 is 0 Å². The van der Waals surface area contributed by atoms with Gasteiger partial charge in [-0.3, -0.25) is 0 Å². The Labute approximate surface area is 156 Å². The van der Waals surface area contributed by atoms with Gasteiger partial charge in [0, 0.05) is 11.9 Å². The van der Waals surface area contributed by atoms with Crippen LogP contribution in [0.25, 0.3) is 5.52 Å². The molecule has 2 heterocycles. The topological polar surface area (TPSA) is 13.6 Å². The summed E-state index contributed by atoms with van der Waals surface area (Å²) in [6.45, 7) is 2.88. The lowest BCUT2D eigenvalue weighted by molar-refractivity contribution is 0.308. The Balaban J connectivity index is 1.61. The van der Waals surface area contributed by atoms with E-state index in [1.54, 1.807) is 0 Å². The van der Waals surface area contributed by atoms with Gasteiger partial charge < -0.3 is 9.14 Å². The van der Waals surface area contributed by atoms with Crippen molar-refractivity contribution >= 4 is 5.52 Å². The van der Waals surface area contributed by atoms with Crippen LogP contribution in [0.1, 0.15) is 55.8 Å². The number of hydrogen-bond donors (Lipinski definition) is 0. The summed E-state index contributed by atoms with van der Waals surface area (Å²) in [4.78, 5) is 0. The van der Waals surface area contributed by atoms with Crippen molar-refractivity contribution < 1.29 is 4.74 Å². The first-order valence-electron chi connectivity index (χ1n) is 10.1. The Kier molecular flexibility index (Phi) is 5.29. The van der Waals surface area contributed by atoms with Gasteiger partial charge in [0.05, 0.1) is 5.52 Å². The van der Waals surface area contributed by atoms with Gasteiger partial charge in [-0.2, -0.15) is 0 Å². The van der Waals surface area contributed by atoms with Crippen LogP contribution in [-0.4, -0.2) is 4.40 Å². The van der Waals surface area contributed by atoms with Crippen molar-refractivity contribution in [3.05, 3.63) is 71.5 Å². The number of ether oxygens (including phenoxy) is 1. The molecular weight excluding hydrogens is 318 g/mol. The number of nitrogens with zero attached hydrogens (tertiary/aromatic N) is 1. The molecule has 0 atom stereocenters. The summed E-state index contributed by atoms with van der Waals surface area (Å²) < 4.78 is 8.57. The third kappa shape index (κ3) is 3.65. The van der Waals surface area contributed by atoms with E-state index in [1.165, 1.54) is 60.9 Å². The molecule has 1 fully saturated rings. The van der Waals surface area contributed by atoms with Crippen molar-refractivity contribution in [3.8, 4) is 5.75 Å². The molecule has 1 aromatic carbocycles. The number of pyridine rings is 1. The van der Waals surface area contributed by atoms with Gasteiger partial charge in [0.25, 0.3) is 0 Å². The van der Waals surface area contributed by atoms with Gasteiger partial charge in [0.1, 0.15) is 12.4 Å². The predicted molar refractivity (Wildman–Crippen MR) is 108 cm³/mol. The smallest absolute Gasteiger partial charge is 0.143 e. The van der Waals surface area contributed by atoms with E-state index in [1.807, 2.05) is 6.07 Å². The molecule has 136 valence electrons. The summed E-state index contributed by atoms with van der Waals surface area (Å²) in [6, 6.07) is 17.0. The maximum atomic E-state index is 6.19. The minimum absolute atomic E-state index is 0.616. The number of fused-ring (bicyclic) bond motifs is 1. The lowest BCUT2D eigenvalue weighted by atomic mass is 9.85. The van der Waals surface area contributed by atoms with Crippen LogP contribution in [-0.2, 0) is 19.4 Å². The molecule has 0 saturated heterocycles. The van der Waals surface area contributed by atoms with Crippen LogP contribution in [0.5, 0.6) is 5.75 Å². The molecule has 4 rings (SSSR count). The SMILES string of the molecule is CCc1cc2c(OCc3ccccc3)cccn2c1CC1CCCCC1. The molecule has 26 heavy (non-hydrogen) atoms. The van der Waals surface area contributed by atoms with Gasteiger partial charge in [-0.15, -0.1) is 0 Å². The van der Waals surface area contributed by atoms with Crippen LogP contribution in [0.2, 0.25) is 0 Å². The minimum Gasteiger partial charge on any atom is -0.487 e. The van der Waals surface area contributed by atoms with Crippen molar-refractivity contribution in [2.45, 2.75) is 58.5 Å². The van der Waals surface area contributed by atoms with Crippen LogP contribution in [0, 0.1) is 5.92 Å². The third-order valence-corrected chi connectivity index (χ3v) is 5.79. The van der Waals surface area contributed by atoms with E-state index in [-0.39, 0.29) is 0 Å². The normalized spacial score (nSPS) is 15.4. The monoisotopic (exact) mass is 347 g/mol. The summed E-state index contributed by atoms with van der Waals surface area (Å²) >= 11 is 0. The molecule has 0 unspecified atom stereocenters. The second kappa shape index (κ2) is 7.99. The molecule has 2 nitrogen and oxygen atoms in total. The van der Waals surface area contributed by atoms with E-state index in [9.17, 15) is 0 Å². The van der Waals surface area contributed by atoms with Crippen LogP contribution in [0.4, 0.5) is 0 Å². The van der Waals surface area contributed by atoms with E-state index in [0.717, 1.165) is 18.1 Å². The van der Waals surface area contributed by atoms with Crippen molar-refractivity contribution in [2.24, 2.45) is 5.92 Å². The maximum Gasteiger partial charge on any atom is 0.143 e. The minimum atomic E-state index is 0.616. The fraction of sp³-hybridized carbons (Fsp3) is 0.417. The number of aryl methyl sites for hydroxylation is 1. The Bertz CT molecular complexity index is 843. The lowest BCUT2D eigenvalue weighted by Gasteiger charge is -2.22. The molecule has 2 aromatic heterocycles. The molecule has 0 aliphatic heterocycles.